The molecule has 2 amide bonds. The van der Waals surface area contributed by atoms with Crippen molar-refractivity contribution in [1.29, 1.82) is 0 Å². The predicted octanol–water partition coefficient (Wildman–Crippen LogP) is 1.62. The number of piperidine rings is 1. The number of rotatable bonds is 7. The Balaban J connectivity index is 1.23. The summed E-state index contributed by atoms with van der Waals surface area (Å²) in [7, 11) is 0. The van der Waals surface area contributed by atoms with Gasteiger partial charge in [-0.15, -0.1) is 0 Å². The molecule has 8 nitrogen and oxygen atoms in total. The summed E-state index contributed by atoms with van der Waals surface area (Å²) in [6.45, 7) is 6.16. The Hall–Kier alpha value is -2.97. The van der Waals surface area contributed by atoms with Gasteiger partial charge in [0, 0.05) is 70.0 Å². The zero-order valence-corrected chi connectivity index (χ0v) is 19.3. The monoisotopic (exact) mass is 450 g/mol. The molecule has 2 aliphatic rings. The van der Waals surface area contributed by atoms with Crippen molar-refractivity contribution < 1.29 is 9.59 Å². The number of hydrogen-bond acceptors (Lipinski definition) is 6. The second kappa shape index (κ2) is 10.8. The van der Waals surface area contributed by atoms with Crippen LogP contribution in [0.2, 0.25) is 0 Å². The number of nitrogens with one attached hydrogen (secondary N) is 2. The number of carbonyl (C=O) groups excluding carboxylic acids is 2. The molecule has 0 saturated carbocycles. The Bertz CT molecular complexity index is 973. The van der Waals surface area contributed by atoms with E-state index in [0.717, 1.165) is 52.0 Å². The molecular formula is C25H34N6O2. The molecular weight excluding hydrogens is 416 g/mol. The number of carbonyl (C=O) groups is 2. The summed E-state index contributed by atoms with van der Waals surface area (Å²) in [4.78, 5) is 32.8. The van der Waals surface area contributed by atoms with Gasteiger partial charge in [-0.2, -0.15) is 0 Å². The number of hydrogen-bond donors (Lipinski definition) is 3. The molecule has 1 saturated heterocycles. The smallest absolute Gasteiger partial charge is 0.251 e. The van der Waals surface area contributed by atoms with Crippen LogP contribution in [-0.2, 0) is 17.8 Å². The minimum absolute atomic E-state index is 0.119. The van der Waals surface area contributed by atoms with E-state index >= 15 is 0 Å². The summed E-state index contributed by atoms with van der Waals surface area (Å²) in [5, 5.41) is 6.37. The van der Waals surface area contributed by atoms with E-state index in [1.807, 2.05) is 4.90 Å². The molecule has 1 atom stereocenters. The minimum atomic E-state index is -0.147. The van der Waals surface area contributed by atoms with E-state index in [2.05, 4.69) is 44.8 Å². The Kier molecular flexibility index (Phi) is 7.57. The second-order valence-electron chi connectivity index (χ2n) is 9.08. The van der Waals surface area contributed by atoms with Crippen LogP contribution < -0.4 is 16.4 Å². The first-order valence-electron chi connectivity index (χ1n) is 11.8. The summed E-state index contributed by atoms with van der Waals surface area (Å²) in [5.41, 5.74) is 9.67. The lowest BCUT2D eigenvalue weighted by Crippen LogP contribution is -2.46. The van der Waals surface area contributed by atoms with E-state index in [4.69, 9.17) is 5.73 Å². The molecule has 33 heavy (non-hydrogen) atoms. The van der Waals surface area contributed by atoms with Gasteiger partial charge in [0.1, 0.15) is 5.82 Å². The zero-order valence-electron chi connectivity index (χ0n) is 19.3. The highest BCUT2D eigenvalue weighted by Crippen LogP contribution is 2.18. The fourth-order valence-electron chi connectivity index (χ4n) is 4.63. The molecule has 0 spiro atoms. The van der Waals surface area contributed by atoms with Crippen molar-refractivity contribution in [1.82, 2.24) is 20.1 Å². The number of benzene rings is 1. The average molecular weight is 451 g/mol. The fraction of sp³-hybridized carbons (Fsp3) is 0.480. The van der Waals surface area contributed by atoms with Crippen molar-refractivity contribution in [3.63, 3.8) is 0 Å². The SMILES string of the molecule is CC(=O)N1CCC(Nc2cc(C(=O)NCC(N)CN3CCc4ccccc4C3)ccn2)CC1. The molecule has 8 heteroatoms. The molecule has 0 aliphatic carbocycles. The first-order valence-corrected chi connectivity index (χ1v) is 11.8. The summed E-state index contributed by atoms with van der Waals surface area (Å²) in [6.07, 6.45) is 4.42. The molecule has 2 aromatic rings. The molecule has 0 radical (unpaired) electrons. The summed E-state index contributed by atoms with van der Waals surface area (Å²) < 4.78 is 0. The normalized spacial score (nSPS) is 17.8. The van der Waals surface area contributed by atoms with Crippen LogP contribution >= 0.6 is 0 Å². The third kappa shape index (κ3) is 6.30. The van der Waals surface area contributed by atoms with Crippen LogP contribution in [0.4, 0.5) is 5.82 Å². The van der Waals surface area contributed by atoms with E-state index in [1.54, 1.807) is 25.3 Å². The molecule has 1 aromatic heterocycles. The topological polar surface area (TPSA) is 104 Å². The van der Waals surface area contributed by atoms with Gasteiger partial charge in [0.2, 0.25) is 5.91 Å². The Morgan fingerprint density at radius 3 is 2.67 bits per heavy atom. The van der Waals surface area contributed by atoms with Gasteiger partial charge >= 0.3 is 0 Å². The van der Waals surface area contributed by atoms with Crippen molar-refractivity contribution in [2.24, 2.45) is 5.73 Å². The first-order chi connectivity index (χ1) is 16.0. The van der Waals surface area contributed by atoms with Crippen LogP contribution in [0.25, 0.3) is 0 Å². The number of amides is 2. The van der Waals surface area contributed by atoms with Crippen molar-refractivity contribution in [3.05, 3.63) is 59.3 Å². The molecule has 0 bridgehead atoms. The van der Waals surface area contributed by atoms with Gasteiger partial charge in [-0.05, 0) is 42.5 Å². The maximum absolute atomic E-state index is 12.7. The lowest BCUT2D eigenvalue weighted by molar-refractivity contribution is -0.129. The van der Waals surface area contributed by atoms with Crippen molar-refractivity contribution in [3.8, 4) is 0 Å². The largest absolute Gasteiger partial charge is 0.367 e. The maximum atomic E-state index is 12.7. The number of nitrogens with zero attached hydrogens (tertiary/aromatic N) is 3. The van der Waals surface area contributed by atoms with Crippen LogP contribution in [0.15, 0.2) is 42.6 Å². The van der Waals surface area contributed by atoms with Crippen LogP contribution in [0, 0.1) is 0 Å². The van der Waals surface area contributed by atoms with Gasteiger partial charge in [0.05, 0.1) is 0 Å². The standard InChI is InChI=1S/C25H34N6O2/c1-18(32)31-12-8-23(9-13-31)29-24-14-20(6-10-27-24)25(33)28-15-22(26)17-30-11-7-19-4-2-3-5-21(19)16-30/h2-6,10,14,22-23H,7-9,11-13,15-17,26H2,1H3,(H,27,29)(H,28,33). The van der Waals surface area contributed by atoms with Gasteiger partial charge in [-0.1, -0.05) is 24.3 Å². The number of nitrogens with two attached hydrogens (primary N) is 1. The van der Waals surface area contributed by atoms with Crippen molar-refractivity contribution >= 4 is 17.6 Å². The number of pyridine rings is 1. The highest BCUT2D eigenvalue weighted by molar-refractivity contribution is 5.94. The number of aromatic nitrogens is 1. The predicted molar refractivity (Wildman–Crippen MR) is 129 cm³/mol. The van der Waals surface area contributed by atoms with Gasteiger partial charge in [0.25, 0.3) is 5.91 Å². The lowest BCUT2D eigenvalue weighted by atomic mass is 9.99. The molecule has 1 aromatic carbocycles. The van der Waals surface area contributed by atoms with Crippen LogP contribution in [0.5, 0.6) is 0 Å². The second-order valence-corrected chi connectivity index (χ2v) is 9.08. The third-order valence-electron chi connectivity index (χ3n) is 6.54. The molecule has 176 valence electrons. The van der Waals surface area contributed by atoms with E-state index < -0.39 is 0 Å². The molecule has 3 heterocycles. The molecule has 4 rings (SSSR count). The fourth-order valence-corrected chi connectivity index (χ4v) is 4.63. The molecule has 1 fully saturated rings. The first kappa shape index (κ1) is 23.2. The quantitative estimate of drug-likeness (QED) is 0.592. The summed E-state index contributed by atoms with van der Waals surface area (Å²) >= 11 is 0. The average Bonchev–Trinajstić information content (AvgIpc) is 2.83. The van der Waals surface area contributed by atoms with E-state index in [0.29, 0.717) is 17.9 Å². The van der Waals surface area contributed by atoms with Crippen molar-refractivity contribution in [2.75, 3.05) is 38.0 Å². The van der Waals surface area contributed by atoms with E-state index in [-0.39, 0.29) is 23.9 Å². The Morgan fingerprint density at radius 2 is 1.91 bits per heavy atom. The lowest BCUT2D eigenvalue weighted by Gasteiger charge is -2.32. The molecule has 2 aliphatic heterocycles. The maximum Gasteiger partial charge on any atom is 0.251 e. The number of fused-ring (bicyclic) bond motifs is 1. The third-order valence-corrected chi connectivity index (χ3v) is 6.54. The number of anilines is 1. The van der Waals surface area contributed by atoms with Gasteiger partial charge < -0.3 is 21.3 Å². The van der Waals surface area contributed by atoms with Crippen molar-refractivity contribution in [2.45, 2.75) is 44.8 Å². The Labute approximate surface area is 195 Å². The zero-order chi connectivity index (χ0) is 23.2. The van der Waals surface area contributed by atoms with E-state index in [9.17, 15) is 9.59 Å². The minimum Gasteiger partial charge on any atom is -0.367 e. The molecule has 4 N–H and O–H groups in total. The highest BCUT2D eigenvalue weighted by Gasteiger charge is 2.21. The van der Waals surface area contributed by atoms with Gasteiger partial charge in [-0.3, -0.25) is 14.5 Å². The van der Waals surface area contributed by atoms with E-state index in [1.165, 1.54) is 11.1 Å². The van der Waals surface area contributed by atoms with Crippen LogP contribution in [-0.4, -0.2) is 71.4 Å². The highest BCUT2D eigenvalue weighted by atomic mass is 16.2. The van der Waals surface area contributed by atoms with Crippen LogP contribution in [0.1, 0.15) is 41.3 Å². The van der Waals surface area contributed by atoms with Gasteiger partial charge in [-0.25, -0.2) is 4.98 Å². The summed E-state index contributed by atoms with van der Waals surface area (Å²) in [5.74, 6) is 0.653. The molecule has 1 unspecified atom stereocenters. The number of likely N-dealkylation sites (tertiary alicyclic amines) is 1. The summed E-state index contributed by atoms with van der Waals surface area (Å²) in [6, 6.07) is 12.1. The van der Waals surface area contributed by atoms with Gasteiger partial charge in [0.15, 0.2) is 0 Å². The Morgan fingerprint density at radius 1 is 1.15 bits per heavy atom. The van der Waals surface area contributed by atoms with Crippen LogP contribution in [0.3, 0.4) is 0 Å².